The van der Waals surface area contributed by atoms with Crippen molar-refractivity contribution in [2.45, 2.75) is 12.1 Å². The largest absolute Gasteiger partial charge is 0.338 e. The third-order valence-corrected chi connectivity index (χ3v) is 3.72. The summed E-state index contributed by atoms with van der Waals surface area (Å²) in [4.78, 5) is 13.1. The lowest BCUT2D eigenvalue weighted by molar-refractivity contribution is 0.976. The molecule has 21 heavy (non-hydrogen) atoms. The van der Waals surface area contributed by atoms with E-state index in [1.807, 2.05) is 37.4 Å². The van der Waals surface area contributed by atoms with Gasteiger partial charge in [0.2, 0.25) is 0 Å². The van der Waals surface area contributed by atoms with Gasteiger partial charge in [0.15, 0.2) is 5.16 Å². The Balaban J connectivity index is 2.05. The minimum atomic E-state index is 0.418. The third kappa shape index (κ3) is 3.09. The summed E-state index contributed by atoms with van der Waals surface area (Å²) in [6.07, 6.45) is 1.91. The van der Waals surface area contributed by atoms with Gasteiger partial charge >= 0.3 is 0 Å². The molecule has 0 radical (unpaired) electrons. The van der Waals surface area contributed by atoms with Crippen molar-refractivity contribution in [1.82, 2.24) is 15.0 Å². The van der Waals surface area contributed by atoms with Crippen LogP contribution in [0.4, 0.5) is 11.5 Å². The summed E-state index contributed by atoms with van der Waals surface area (Å²) in [5, 5.41) is 5.41. The van der Waals surface area contributed by atoms with E-state index in [2.05, 4.69) is 26.3 Å². The van der Waals surface area contributed by atoms with Crippen molar-refractivity contribution in [2.24, 2.45) is 0 Å². The molecule has 3 rings (SSSR count). The van der Waals surface area contributed by atoms with Gasteiger partial charge in [-0.05, 0) is 25.3 Å². The van der Waals surface area contributed by atoms with Crippen molar-refractivity contribution >= 4 is 45.8 Å². The van der Waals surface area contributed by atoms with E-state index in [1.54, 1.807) is 6.07 Å². The van der Waals surface area contributed by atoms with E-state index < -0.39 is 0 Å². The highest BCUT2D eigenvalue weighted by molar-refractivity contribution is 7.98. The summed E-state index contributed by atoms with van der Waals surface area (Å²) in [5.41, 5.74) is 2.79. The van der Waals surface area contributed by atoms with Gasteiger partial charge in [0, 0.05) is 17.1 Å². The van der Waals surface area contributed by atoms with Crippen molar-refractivity contribution in [2.75, 3.05) is 11.6 Å². The van der Waals surface area contributed by atoms with Crippen molar-refractivity contribution < 1.29 is 0 Å². The predicted octanol–water partition coefficient (Wildman–Crippen LogP) is 4.45. The Morgan fingerprint density at radius 1 is 1.10 bits per heavy atom. The van der Waals surface area contributed by atoms with Crippen LogP contribution < -0.4 is 5.32 Å². The lowest BCUT2D eigenvalue weighted by atomic mass is 10.1. The summed E-state index contributed by atoms with van der Waals surface area (Å²) in [6.45, 7) is 1.98. The number of para-hydroxylation sites is 1. The van der Waals surface area contributed by atoms with E-state index in [1.165, 1.54) is 11.8 Å². The molecule has 106 valence electrons. The quantitative estimate of drug-likeness (QED) is 0.439. The van der Waals surface area contributed by atoms with Crippen LogP contribution in [0.1, 0.15) is 5.69 Å². The number of nitrogens with one attached hydrogen (secondary N) is 1. The van der Waals surface area contributed by atoms with Crippen LogP contribution in [0.15, 0.2) is 41.6 Å². The predicted molar refractivity (Wildman–Crippen MR) is 88.6 cm³/mol. The number of rotatable bonds is 3. The fourth-order valence-corrected chi connectivity index (χ4v) is 2.65. The summed E-state index contributed by atoms with van der Waals surface area (Å²) in [5.74, 6) is 0.662. The summed E-state index contributed by atoms with van der Waals surface area (Å²) < 4.78 is 0. The first kappa shape index (κ1) is 14.1. The number of aryl methyl sites for hydroxylation is 1. The summed E-state index contributed by atoms with van der Waals surface area (Å²) >= 11 is 7.47. The second-order valence-electron chi connectivity index (χ2n) is 4.52. The number of hydrogen-bond donors (Lipinski definition) is 1. The van der Waals surface area contributed by atoms with Crippen molar-refractivity contribution in [3.63, 3.8) is 0 Å². The number of pyridine rings is 1. The Morgan fingerprint density at radius 2 is 1.95 bits per heavy atom. The first-order valence-electron chi connectivity index (χ1n) is 6.38. The van der Waals surface area contributed by atoms with Gasteiger partial charge in [-0.1, -0.05) is 41.6 Å². The molecule has 1 N–H and O–H groups in total. The normalized spacial score (nSPS) is 10.8. The first-order valence-corrected chi connectivity index (χ1v) is 7.98. The van der Waals surface area contributed by atoms with Gasteiger partial charge < -0.3 is 5.32 Å². The molecular formula is C15H13ClN4S. The molecule has 0 spiro atoms. The Labute approximate surface area is 132 Å². The molecule has 2 heterocycles. The zero-order valence-corrected chi connectivity index (χ0v) is 13.2. The molecule has 0 atom stereocenters. The third-order valence-electron chi connectivity index (χ3n) is 2.98. The van der Waals surface area contributed by atoms with Crippen molar-refractivity contribution in [3.8, 4) is 0 Å². The smallest absolute Gasteiger partial charge is 0.190 e. The molecule has 0 aliphatic carbocycles. The van der Waals surface area contributed by atoms with Crippen LogP contribution in [-0.2, 0) is 0 Å². The monoisotopic (exact) mass is 316 g/mol. The molecule has 0 saturated heterocycles. The average Bonchev–Trinajstić information content (AvgIpc) is 2.47. The molecule has 1 aromatic carbocycles. The van der Waals surface area contributed by atoms with Crippen LogP contribution in [0.5, 0.6) is 0 Å². The van der Waals surface area contributed by atoms with E-state index in [9.17, 15) is 0 Å². The molecule has 0 aliphatic rings. The maximum absolute atomic E-state index is 6.02. The number of thioether (sulfide) groups is 1. The SMILES string of the molecule is CSc1nc(Cl)cc(Nc2cccc3ccc(C)nc23)n1. The van der Waals surface area contributed by atoms with Gasteiger partial charge in [0.1, 0.15) is 11.0 Å². The number of aromatic nitrogens is 3. The van der Waals surface area contributed by atoms with Crippen molar-refractivity contribution in [3.05, 3.63) is 47.2 Å². The van der Waals surface area contributed by atoms with Gasteiger partial charge in [-0.15, -0.1) is 0 Å². The van der Waals surface area contributed by atoms with Gasteiger partial charge in [0.25, 0.3) is 0 Å². The molecule has 3 aromatic rings. The Hall–Kier alpha value is -1.85. The molecule has 0 saturated carbocycles. The molecular weight excluding hydrogens is 304 g/mol. The summed E-state index contributed by atoms with van der Waals surface area (Å²) in [6, 6.07) is 11.8. The van der Waals surface area contributed by atoms with Crippen LogP contribution in [0, 0.1) is 6.92 Å². The topological polar surface area (TPSA) is 50.7 Å². The fourth-order valence-electron chi connectivity index (χ4n) is 2.04. The van der Waals surface area contributed by atoms with Gasteiger partial charge in [-0.25, -0.2) is 9.97 Å². The summed E-state index contributed by atoms with van der Waals surface area (Å²) in [7, 11) is 0. The van der Waals surface area contributed by atoms with Crippen LogP contribution in [-0.4, -0.2) is 21.2 Å². The lowest BCUT2D eigenvalue weighted by Crippen LogP contribution is -1.98. The second-order valence-corrected chi connectivity index (χ2v) is 5.68. The van der Waals surface area contributed by atoms with E-state index in [-0.39, 0.29) is 0 Å². The van der Waals surface area contributed by atoms with E-state index in [0.29, 0.717) is 16.1 Å². The average molecular weight is 317 g/mol. The molecule has 4 nitrogen and oxygen atoms in total. The number of anilines is 2. The number of halogens is 1. The molecule has 0 fully saturated rings. The zero-order valence-electron chi connectivity index (χ0n) is 11.6. The number of hydrogen-bond acceptors (Lipinski definition) is 5. The Kier molecular flexibility index (Phi) is 3.94. The lowest BCUT2D eigenvalue weighted by Gasteiger charge is -2.10. The maximum atomic E-state index is 6.02. The van der Waals surface area contributed by atoms with E-state index >= 15 is 0 Å². The number of fused-ring (bicyclic) bond motifs is 1. The Bertz CT molecular complexity index is 807. The van der Waals surface area contributed by atoms with Gasteiger partial charge in [-0.3, -0.25) is 4.98 Å². The molecule has 0 amide bonds. The van der Waals surface area contributed by atoms with Crippen LogP contribution in [0.25, 0.3) is 10.9 Å². The molecule has 6 heteroatoms. The number of benzene rings is 1. The Morgan fingerprint density at radius 3 is 2.76 bits per heavy atom. The highest BCUT2D eigenvalue weighted by Crippen LogP contribution is 2.26. The number of nitrogens with zero attached hydrogens (tertiary/aromatic N) is 3. The van der Waals surface area contributed by atoms with Crippen molar-refractivity contribution in [1.29, 1.82) is 0 Å². The highest BCUT2D eigenvalue weighted by atomic mass is 35.5. The fraction of sp³-hybridized carbons (Fsp3) is 0.133. The first-order chi connectivity index (χ1) is 10.2. The molecule has 0 aliphatic heterocycles. The standard InChI is InChI=1S/C15H13ClN4S/c1-9-6-7-10-4-3-5-11(14(10)17-9)18-13-8-12(16)19-15(20-13)21-2/h3-8H,1-2H3,(H,18,19,20). The second kappa shape index (κ2) is 5.87. The van der Waals surface area contributed by atoms with E-state index in [4.69, 9.17) is 11.6 Å². The highest BCUT2D eigenvalue weighted by Gasteiger charge is 2.06. The minimum Gasteiger partial charge on any atom is -0.338 e. The molecule has 2 aromatic heterocycles. The van der Waals surface area contributed by atoms with Crippen LogP contribution in [0.2, 0.25) is 5.15 Å². The zero-order chi connectivity index (χ0) is 14.8. The van der Waals surface area contributed by atoms with Gasteiger partial charge in [0.05, 0.1) is 11.2 Å². The van der Waals surface area contributed by atoms with Gasteiger partial charge in [-0.2, -0.15) is 0 Å². The molecule has 0 bridgehead atoms. The maximum Gasteiger partial charge on any atom is 0.190 e. The molecule has 0 unspecified atom stereocenters. The minimum absolute atomic E-state index is 0.418. The van der Waals surface area contributed by atoms with Crippen LogP contribution in [0.3, 0.4) is 0 Å². The van der Waals surface area contributed by atoms with E-state index in [0.717, 1.165) is 22.3 Å². The van der Waals surface area contributed by atoms with Crippen LogP contribution >= 0.6 is 23.4 Å².